The maximum Gasteiger partial charge on any atom is 0.437 e. The zero-order valence-corrected chi connectivity index (χ0v) is 11.9. The summed E-state index contributed by atoms with van der Waals surface area (Å²) in [5.74, 6) is -0.719. The number of hydrogen-bond donors (Lipinski definition) is 1. The molecule has 0 rings (SSSR count). The molecular formula is C11H19N3O5. The highest BCUT2D eigenvalue weighted by Gasteiger charge is 2.20. The molecule has 0 saturated heterocycles. The van der Waals surface area contributed by atoms with Crippen LogP contribution in [-0.2, 0) is 9.47 Å². The molecule has 108 valence electrons. The van der Waals surface area contributed by atoms with E-state index < -0.39 is 29.3 Å². The molecule has 0 atom stereocenters. The van der Waals surface area contributed by atoms with Crippen molar-refractivity contribution in [1.82, 2.24) is 5.32 Å². The molecule has 0 aromatic carbocycles. The standard InChI is InChI=1S/C11H19N3O5/c1-10(2,3)18-8(15)12-7(14-17)13-9(16)19-11(4,5)6/h1-6H3,(H,12,13,15,16). The van der Waals surface area contributed by atoms with Gasteiger partial charge in [0.1, 0.15) is 11.2 Å². The highest BCUT2D eigenvalue weighted by Crippen LogP contribution is 2.08. The zero-order chi connectivity index (χ0) is 15.3. The molecular weight excluding hydrogens is 254 g/mol. The number of alkyl carbamates (subject to hydrolysis) is 1. The minimum absolute atomic E-state index is 0.719. The van der Waals surface area contributed by atoms with Crippen LogP contribution in [0.1, 0.15) is 41.5 Å². The molecule has 0 bridgehead atoms. The van der Waals surface area contributed by atoms with Crippen LogP contribution in [0.4, 0.5) is 9.59 Å². The predicted molar refractivity (Wildman–Crippen MR) is 68.8 cm³/mol. The molecule has 0 aromatic heterocycles. The molecule has 0 heterocycles. The van der Waals surface area contributed by atoms with Crippen molar-refractivity contribution >= 4 is 18.1 Å². The van der Waals surface area contributed by atoms with Gasteiger partial charge < -0.3 is 9.47 Å². The molecule has 1 N–H and O–H groups in total. The Morgan fingerprint density at radius 1 is 0.947 bits per heavy atom. The average Bonchev–Trinajstić information content (AvgIpc) is 2.10. The lowest BCUT2D eigenvalue weighted by Crippen LogP contribution is -2.36. The van der Waals surface area contributed by atoms with E-state index in [2.05, 4.69) is 10.2 Å². The van der Waals surface area contributed by atoms with Crippen LogP contribution in [0.2, 0.25) is 0 Å². The zero-order valence-electron chi connectivity index (χ0n) is 11.9. The molecule has 8 nitrogen and oxygen atoms in total. The lowest BCUT2D eigenvalue weighted by Gasteiger charge is -2.19. The quantitative estimate of drug-likeness (QED) is 0.414. The maximum absolute atomic E-state index is 11.3. The van der Waals surface area contributed by atoms with Gasteiger partial charge in [-0.3, -0.25) is 5.32 Å². The Labute approximate surface area is 111 Å². The third-order valence-corrected chi connectivity index (χ3v) is 1.29. The van der Waals surface area contributed by atoms with Gasteiger partial charge in [-0.05, 0) is 41.5 Å². The minimum Gasteiger partial charge on any atom is -0.444 e. The van der Waals surface area contributed by atoms with Gasteiger partial charge in [0.2, 0.25) is 0 Å². The van der Waals surface area contributed by atoms with Crippen LogP contribution in [0, 0.1) is 4.91 Å². The summed E-state index contributed by atoms with van der Waals surface area (Å²) in [5.41, 5.74) is -1.51. The molecule has 0 spiro atoms. The molecule has 0 unspecified atom stereocenters. The monoisotopic (exact) mass is 273 g/mol. The summed E-state index contributed by atoms with van der Waals surface area (Å²) in [4.78, 5) is 36.3. The summed E-state index contributed by atoms with van der Waals surface area (Å²) in [6.45, 7) is 9.84. The van der Waals surface area contributed by atoms with Crippen molar-refractivity contribution in [2.24, 2.45) is 10.2 Å². The van der Waals surface area contributed by atoms with Gasteiger partial charge in [-0.1, -0.05) is 0 Å². The normalized spacial score (nSPS) is 12.6. The highest BCUT2D eigenvalue weighted by atomic mass is 16.6. The number of nitrogens with one attached hydrogen (secondary N) is 1. The molecule has 0 saturated carbocycles. The second-order valence-corrected chi connectivity index (χ2v) is 5.63. The summed E-state index contributed by atoms with van der Waals surface area (Å²) in [5, 5.41) is 4.36. The van der Waals surface area contributed by atoms with Crippen LogP contribution in [0.15, 0.2) is 10.2 Å². The first-order chi connectivity index (χ1) is 8.43. The van der Waals surface area contributed by atoms with E-state index in [1.54, 1.807) is 41.5 Å². The fourth-order valence-electron chi connectivity index (χ4n) is 0.837. The number of rotatable bonds is 0. The van der Waals surface area contributed by atoms with Crippen LogP contribution in [0.25, 0.3) is 0 Å². The average molecular weight is 273 g/mol. The summed E-state index contributed by atoms with van der Waals surface area (Å²) < 4.78 is 9.71. The van der Waals surface area contributed by atoms with Crippen molar-refractivity contribution in [2.75, 3.05) is 0 Å². The second-order valence-electron chi connectivity index (χ2n) is 5.63. The van der Waals surface area contributed by atoms with Gasteiger partial charge in [-0.15, -0.1) is 9.90 Å². The van der Waals surface area contributed by atoms with Gasteiger partial charge in [0, 0.05) is 5.18 Å². The Morgan fingerprint density at radius 3 is 1.79 bits per heavy atom. The van der Waals surface area contributed by atoms with E-state index in [-0.39, 0.29) is 0 Å². The third-order valence-electron chi connectivity index (χ3n) is 1.29. The smallest absolute Gasteiger partial charge is 0.437 e. The Bertz CT molecular complexity index is 390. The molecule has 0 aromatic rings. The van der Waals surface area contributed by atoms with E-state index in [4.69, 9.17) is 9.47 Å². The number of aliphatic imine (C=N–C) groups is 1. The van der Waals surface area contributed by atoms with Gasteiger partial charge >= 0.3 is 12.2 Å². The van der Waals surface area contributed by atoms with Crippen LogP contribution in [-0.4, -0.2) is 29.3 Å². The van der Waals surface area contributed by atoms with Gasteiger partial charge in [0.05, 0.1) is 0 Å². The van der Waals surface area contributed by atoms with Crippen LogP contribution >= 0.6 is 0 Å². The number of hydrogen-bond acceptors (Lipinski definition) is 5. The van der Waals surface area contributed by atoms with E-state index in [0.717, 1.165) is 0 Å². The summed E-state index contributed by atoms with van der Waals surface area (Å²) >= 11 is 0. The lowest BCUT2D eigenvalue weighted by molar-refractivity contribution is 0.0562. The molecule has 0 aliphatic heterocycles. The fourth-order valence-corrected chi connectivity index (χ4v) is 0.837. The lowest BCUT2D eigenvalue weighted by atomic mass is 10.2. The summed E-state index contributed by atoms with van der Waals surface area (Å²) in [6, 6.07) is 0. The molecule has 0 radical (unpaired) electrons. The Morgan fingerprint density at radius 2 is 1.42 bits per heavy atom. The third kappa shape index (κ3) is 9.69. The molecule has 0 aliphatic carbocycles. The molecule has 0 fully saturated rings. The van der Waals surface area contributed by atoms with Crippen molar-refractivity contribution in [3.63, 3.8) is 0 Å². The number of ether oxygens (including phenoxy) is 2. The fraction of sp³-hybridized carbons (Fsp3) is 0.727. The van der Waals surface area contributed by atoms with Gasteiger partial charge in [-0.25, -0.2) is 9.59 Å². The number of amides is 2. The highest BCUT2D eigenvalue weighted by molar-refractivity contribution is 5.99. The number of nitroso groups, excluding NO2 is 1. The second kappa shape index (κ2) is 6.26. The van der Waals surface area contributed by atoms with Crippen molar-refractivity contribution in [3.05, 3.63) is 4.91 Å². The van der Waals surface area contributed by atoms with Crippen molar-refractivity contribution < 1.29 is 19.1 Å². The van der Waals surface area contributed by atoms with Gasteiger partial charge in [-0.2, -0.15) is 0 Å². The Hall–Kier alpha value is -1.99. The molecule has 2 amide bonds. The molecule has 8 heteroatoms. The van der Waals surface area contributed by atoms with Crippen LogP contribution in [0.3, 0.4) is 0 Å². The first kappa shape index (κ1) is 17.0. The first-order valence-corrected chi connectivity index (χ1v) is 5.58. The van der Waals surface area contributed by atoms with E-state index in [1.165, 1.54) is 0 Å². The van der Waals surface area contributed by atoms with E-state index in [1.807, 2.05) is 5.32 Å². The van der Waals surface area contributed by atoms with Crippen LogP contribution < -0.4 is 5.32 Å². The maximum atomic E-state index is 11.3. The number of guanidine groups is 1. The SMILES string of the molecule is CC(C)(C)OC(=O)/N=C(\N=O)NC(=O)OC(C)(C)C. The topological polar surface area (TPSA) is 106 Å². The number of nitrogens with zero attached hydrogens (tertiary/aromatic N) is 2. The minimum atomic E-state index is -1.03. The van der Waals surface area contributed by atoms with Gasteiger partial charge in [0.15, 0.2) is 0 Å². The Balaban J connectivity index is 4.63. The molecule has 19 heavy (non-hydrogen) atoms. The van der Waals surface area contributed by atoms with Gasteiger partial charge in [0.25, 0.3) is 5.96 Å². The van der Waals surface area contributed by atoms with E-state index in [9.17, 15) is 14.5 Å². The summed E-state index contributed by atoms with van der Waals surface area (Å²) in [7, 11) is 0. The largest absolute Gasteiger partial charge is 0.444 e. The summed E-state index contributed by atoms with van der Waals surface area (Å²) in [6.07, 6.45) is -1.97. The predicted octanol–water partition coefficient (Wildman–Crippen LogP) is 2.57. The Kier molecular flexibility index (Phi) is 5.60. The number of carbonyl (C=O) groups excluding carboxylic acids is 2. The first-order valence-electron chi connectivity index (χ1n) is 5.58. The van der Waals surface area contributed by atoms with Crippen molar-refractivity contribution in [3.8, 4) is 0 Å². The van der Waals surface area contributed by atoms with Crippen molar-refractivity contribution in [2.45, 2.75) is 52.7 Å². The van der Waals surface area contributed by atoms with E-state index >= 15 is 0 Å². The number of carbonyl (C=O) groups is 2. The van der Waals surface area contributed by atoms with E-state index in [0.29, 0.717) is 0 Å². The molecule has 0 aliphatic rings. The van der Waals surface area contributed by atoms with Crippen molar-refractivity contribution in [1.29, 1.82) is 0 Å². The van der Waals surface area contributed by atoms with Crippen LogP contribution in [0.5, 0.6) is 0 Å².